The maximum Gasteiger partial charge on any atom is 0.193 e. The molecule has 24 heavy (non-hydrogen) atoms. The molecule has 0 N–H and O–H groups in total. The number of benzene rings is 3. The Morgan fingerprint density at radius 2 is 1.38 bits per heavy atom. The molecule has 0 aliphatic rings. The van der Waals surface area contributed by atoms with Gasteiger partial charge in [0.05, 0.1) is 3.79 Å². The first-order valence-electron chi connectivity index (χ1n) is 7.61. The average molecular weight is 393 g/mol. The number of thiophene rings is 1. The van der Waals surface area contributed by atoms with Crippen LogP contribution in [0.5, 0.6) is 0 Å². The average Bonchev–Trinajstić information content (AvgIpc) is 2.98. The number of rotatable bonds is 3. The van der Waals surface area contributed by atoms with E-state index in [0.29, 0.717) is 11.1 Å². The zero-order valence-electron chi connectivity index (χ0n) is 12.7. The van der Waals surface area contributed by atoms with Gasteiger partial charge in [0.25, 0.3) is 0 Å². The molecule has 0 bridgehead atoms. The molecule has 0 unspecified atom stereocenters. The summed E-state index contributed by atoms with van der Waals surface area (Å²) in [5, 5.41) is 1.23. The SMILES string of the molecule is O=C(c1ccccc1)c1ccc(-c2c(Br)sc3ccccc23)cc1. The molecule has 0 aliphatic carbocycles. The highest BCUT2D eigenvalue weighted by molar-refractivity contribution is 9.11. The maximum absolute atomic E-state index is 12.5. The van der Waals surface area contributed by atoms with Gasteiger partial charge in [-0.3, -0.25) is 4.79 Å². The molecule has 1 aromatic heterocycles. The van der Waals surface area contributed by atoms with Gasteiger partial charge in [-0.1, -0.05) is 72.8 Å². The second kappa shape index (κ2) is 6.34. The van der Waals surface area contributed by atoms with Crippen molar-refractivity contribution in [1.29, 1.82) is 0 Å². The van der Waals surface area contributed by atoms with Crippen molar-refractivity contribution in [3.63, 3.8) is 0 Å². The largest absolute Gasteiger partial charge is 0.289 e. The van der Waals surface area contributed by atoms with Crippen LogP contribution in [0.1, 0.15) is 15.9 Å². The molecule has 0 radical (unpaired) electrons. The van der Waals surface area contributed by atoms with Gasteiger partial charge in [0, 0.05) is 26.8 Å². The van der Waals surface area contributed by atoms with Crippen molar-refractivity contribution in [1.82, 2.24) is 0 Å². The Kier molecular flexibility index (Phi) is 4.05. The predicted molar refractivity (Wildman–Crippen MR) is 105 cm³/mol. The van der Waals surface area contributed by atoms with Gasteiger partial charge in [-0.05, 0) is 27.6 Å². The normalized spacial score (nSPS) is 10.9. The quantitative estimate of drug-likeness (QED) is 0.360. The van der Waals surface area contributed by atoms with E-state index in [9.17, 15) is 4.79 Å². The fourth-order valence-corrected chi connectivity index (χ4v) is 4.74. The number of carbonyl (C=O) groups is 1. The number of fused-ring (bicyclic) bond motifs is 1. The van der Waals surface area contributed by atoms with Crippen molar-refractivity contribution in [2.24, 2.45) is 0 Å². The van der Waals surface area contributed by atoms with Crippen LogP contribution >= 0.6 is 27.3 Å². The lowest BCUT2D eigenvalue weighted by Gasteiger charge is -2.05. The third-order valence-corrected chi connectivity index (χ3v) is 5.87. The Balaban J connectivity index is 1.74. The van der Waals surface area contributed by atoms with Crippen LogP contribution in [-0.2, 0) is 0 Å². The second-order valence-corrected chi connectivity index (χ2v) is 7.89. The van der Waals surface area contributed by atoms with E-state index in [1.54, 1.807) is 11.3 Å². The van der Waals surface area contributed by atoms with Crippen LogP contribution < -0.4 is 0 Å². The van der Waals surface area contributed by atoms with Crippen molar-refractivity contribution in [2.45, 2.75) is 0 Å². The molecular weight excluding hydrogens is 380 g/mol. The summed E-state index contributed by atoms with van der Waals surface area (Å²) in [5.74, 6) is 0.0522. The molecule has 0 amide bonds. The number of halogens is 1. The lowest BCUT2D eigenvalue weighted by molar-refractivity contribution is 0.103. The maximum atomic E-state index is 12.5. The van der Waals surface area contributed by atoms with Crippen LogP contribution in [0.25, 0.3) is 21.2 Å². The second-order valence-electron chi connectivity index (χ2n) is 5.52. The Labute approximate surface area is 152 Å². The number of ketones is 1. The van der Waals surface area contributed by atoms with Gasteiger partial charge in [-0.25, -0.2) is 0 Å². The van der Waals surface area contributed by atoms with Crippen LogP contribution in [0.2, 0.25) is 0 Å². The van der Waals surface area contributed by atoms with Crippen molar-refractivity contribution >= 4 is 43.1 Å². The van der Waals surface area contributed by atoms with Gasteiger partial charge in [0.2, 0.25) is 0 Å². The summed E-state index contributed by atoms with van der Waals surface area (Å²) >= 11 is 5.41. The molecule has 116 valence electrons. The van der Waals surface area contributed by atoms with Gasteiger partial charge in [-0.2, -0.15) is 0 Å². The molecule has 3 heteroatoms. The van der Waals surface area contributed by atoms with E-state index < -0.39 is 0 Å². The number of hydrogen-bond donors (Lipinski definition) is 0. The molecule has 4 rings (SSSR count). The van der Waals surface area contributed by atoms with Gasteiger partial charge >= 0.3 is 0 Å². The summed E-state index contributed by atoms with van der Waals surface area (Å²) in [7, 11) is 0. The van der Waals surface area contributed by atoms with E-state index in [2.05, 4.69) is 40.2 Å². The molecule has 0 aliphatic heterocycles. The lowest BCUT2D eigenvalue weighted by Crippen LogP contribution is -2.00. The predicted octanol–water partition coefficient (Wildman–Crippen LogP) is 6.56. The molecule has 0 spiro atoms. The fraction of sp³-hybridized carbons (Fsp3) is 0. The zero-order chi connectivity index (χ0) is 16.5. The van der Waals surface area contributed by atoms with Crippen LogP contribution in [-0.4, -0.2) is 5.78 Å². The van der Waals surface area contributed by atoms with Crippen molar-refractivity contribution in [3.8, 4) is 11.1 Å². The van der Waals surface area contributed by atoms with Crippen molar-refractivity contribution < 1.29 is 4.79 Å². The molecule has 0 atom stereocenters. The molecule has 0 saturated carbocycles. The molecule has 0 fully saturated rings. The van der Waals surface area contributed by atoms with E-state index in [0.717, 1.165) is 9.35 Å². The minimum atomic E-state index is 0.0522. The Bertz CT molecular complexity index is 1020. The third kappa shape index (κ3) is 2.70. The monoisotopic (exact) mass is 392 g/mol. The molecule has 0 saturated heterocycles. The Hall–Kier alpha value is -2.23. The first-order valence-corrected chi connectivity index (χ1v) is 9.22. The summed E-state index contributed by atoms with van der Waals surface area (Å²) in [6.45, 7) is 0. The first-order chi connectivity index (χ1) is 11.7. The summed E-state index contributed by atoms with van der Waals surface area (Å²) in [4.78, 5) is 12.5. The molecule has 1 heterocycles. The lowest BCUT2D eigenvalue weighted by atomic mass is 9.99. The van der Waals surface area contributed by atoms with Crippen LogP contribution in [0, 0.1) is 0 Å². The number of carbonyl (C=O) groups excluding carboxylic acids is 1. The highest BCUT2D eigenvalue weighted by atomic mass is 79.9. The fourth-order valence-electron chi connectivity index (χ4n) is 2.83. The number of hydrogen-bond acceptors (Lipinski definition) is 2. The van der Waals surface area contributed by atoms with Crippen LogP contribution in [0.3, 0.4) is 0 Å². The highest BCUT2D eigenvalue weighted by Gasteiger charge is 2.13. The van der Waals surface area contributed by atoms with Crippen molar-refractivity contribution in [3.05, 3.63) is 93.8 Å². The minimum absolute atomic E-state index is 0.0522. The summed E-state index contributed by atoms with van der Waals surface area (Å²) in [6.07, 6.45) is 0. The van der Waals surface area contributed by atoms with Gasteiger partial charge in [0.15, 0.2) is 5.78 Å². The zero-order valence-corrected chi connectivity index (χ0v) is 15.1. The smallest absolute Gasteiger partial charge is 0.193 e. The van der Waals surface area contributed by atoms with E-state index in [1.807, 2.05) is 54.6 Å². The van der Waals surface area contributed by atoms with E-state index >= 15 is 0 Å². The summed E-state index contributed by atoms with van der Waals surface area (Å²) < 4.78 is 2.37. The third-order valence-electron chi connectivity index (χ3n) is 4.02. The molecule has 3 aromatic carbocycles. The molecule has 4 aromatic rings. The van der Waals surface area contributed by atoms with Gasteiger partial charge in [0.1, 0.15) is 0 Å². The standard InChI is InChI=1S/C21H13BrOS/c22-21-19(17-8-4-5-9-18(17)24-21)14-10-12-16(13-11-14)20(23)15-6-2-1-3-7-15/h1-13H. The van der Waals surface area contributed by atoms with E-state index in [4.69, 9.17) is 0 Å². The van der Waals surface area contributed by atoms with Crippen molar-refractivity contribution in [2.75, 3.05) is 0 Å². The van der Waals surface area contributed by atoms with E-state index in [1.165, 1.54) is 15.6 Å². The summed E-state index contributed by atoms with van der Waals surface area (Å²) in [6, 6.07) is 25.6. The van der Waals surface area contributed by atoms with E-state index in [-0.39, 0.29) is 5.78 Å². The Morgan fingerprint density at radius 1 is 0.750 bits per heavy atom. The Morgan fingerprint density at radius 3 is 2.12 bits per heavy atom. The van der Waals surface area contributed by atoms with Crippen LogP contribution in [0.15, 0.2) is 82.6 Å². The van der Waals surface area contributed by atoms with Crippen LogP contribution in [0.4, 0.5) is 0 Å². The summed E-state index contributed by atoms with van der Waals surface area (Å²) in [5.41, 5.74) is 3.73. The topological polar surface area (TPSA) is 17.1 Å². The molecular formula is C21H13BrOS. The van der Waals surface area contributed by atoms with Gasteiger partial charge in [-0.15, -0.1) is 11.3 Å². The molecule has 1 nitrogen and oxygen atoms in total. The highest BCUT2D eigenvalue weighted by Crippen LogP contribution is 2.42. The van der Waals surface area contributed by atoms with Gasteiger partial charge < -0.3 is 0 Å². The minimum Gasteiger partial charge on any atom is -0.289 e. The first kappa shape index (κ1) is 15.3.